The molecule has 8 nitrogen and oxygen atoms in total. The van der Waals surface area contributed by atoms with Crippen LogP contribution in [0.15, 0.2) is 36.4 Å². The molecule has 0 aliphatic heterocycles. The third-order valence-electron chi connectivity index (χ3n) is 13.8. The van der Waals surface area contributed by atoms with Gasteiger partial charge in [0, 0.05) is 23.3 Å². The van der Waals surface area contributed by atoms with Gasteiger partial charge in [-0.3, -0.25) is 0 Å². The largest absolute Gasteiger partial charge is 3.00 e. The van der Waals surface area contributed by atoms with Crippen molar-refractivity contribution in [2.75, 3.05) is 0 Å². The van der Waals surface area contributed by atoms with Gasteiger partial charge in [0.1, 0.15) is 0 Å². The number of fused-ring (bicyclic) bond motifs is 1. The Morgan fingerprint density at radius 2 is 0.521 bits per heavy atom. The second kappa shape index (κ2) is 61.8. The topological polar surface area (TPSA) is 161 Å². The van der Waals surface area contributed by atoms with Gasteiger partial charge in [-0.05, 0) is 50.0 Å². The number of aromatic hydroxyl groups is 2. The summed E-state index contributed by atoms with van der Waals surface area (Å²) in [5.41, 5.74) is 0. The monoisotopic (exact) mass is 1070 g/mol. The summed E-state index contributed by atoms with van der Waals surface area (Å²) in [5.74, 6) is -2.83. The van der Waals surface area contributed by atoms with Crippen LogP contribution in [-0.4, -0.2) is 28.1 Å². The average Bonchev–Trinajstić information content (AvgIpc) is 3.36. The molecule has 0 atom stereocenters. The van der Waals surface area contributed by atoms with E-state index in [1.54, 1.807) is 12.1 Å². The van der Waals surface area contributed by atoms with Gasteiger partial charge in [-0.1, -0.05) is 321 Å². The van der Waals surface area contributed by atoms with Crippen molar-refractivity contribution in [3.63, 3.8) is 0 Å². The zero-order chi connectivity index (χ0) is 53.2. The Hall–Kier alpha value is -2.77. The summed E-state index contributed by atoms with van der Waals surface area (Å²) in [5, 5.41) is 50.8. The predicted octanol–water partition coefficient (Wildman–Crippen LogP) is 17.2. The molecule has 0 fully saturated rings. The third-order valence-corrected chi connectivity index (χ3v) is 13.8. The van der Waals surface area contributed by atoms with Crippen molar-refractivity contribution in [1.82, 2.24) is 0 Å². The molecule has 0 aliphatic rings. The van der Waals surface area contributed by atoms with Gasteiger partial charge in [-0.2, -0.15) is 0 Å². The minimum Gasteiger partial charge on any atom is -0.550 e. The first kappa shape index (κ1) is 74.5. The van der Waals surface area contributed by atoms with Crippen molar-refractivity contribution in [1.29, 1.82) is 0 Å². The van der Waals surface area contributed by atoms with Gasteiger partial charge >= 0.3 is 17.1 Å². The van der Waals surface area contributed by atoms with Crippen LogP contribution < -0.4 is 15.3 Å². The number of phenols is 2. The van der Waals surface area contributed by atoms with Crippen molar-refractivity contribution in [3.05, 3.63) is 36.4 Å². The minimum atomic E-state index is -0.903. The molecule has 0 heterocycles. The second-order valence-electron chi connectivity index (χ2n) is 20.9. The van der Waals surface area contributed by atoms with Crippen LogP contribution in [0.4, 0.5) is 0 Å². The maximum atomic E-state index is 10.2. The number of rotatable bonds is 48. The van der Waals surface area contributed by atoms with E-state index < -0.39 is 17.9 Å². The van der Waals surface area contributed by atoms with Crippen LogP contribution in [0, 0.1) is 0 Å². The molecule has 2 aromatic rings. The Morgan fingerprint density at radius 1 is 0.315 bits per heavy atom. The summed E-state index contributed by atoms with van der Waals surface area (Å²) < 4.78 is 0. The Morgan fingerprint density at radius 3 is 0.740 bits per heavy atom. The first-order chi connectivity index (χ1) is 35.1. The second-order valence-corrected chi connectivity index (χ2v) is 20.9. The molecule has 0 amide bonds. The molecule has 2 N–H and O–H groups in total. The first-order valence-electron chi connectivity index (χ1n) is 30.6. The minimum absolute atomic E-state index is 0. The fourth-order valence-corrected chi connectivity index (χ4v) is 9.17. The molecule has 9 heteroatoms. The average molecular weight is 1070 g/mol. The molecule has 0 spiro atoms. The van der Waals surface area contributed by atoms with Gasteiger partial charge in [0.25, 0.3) is 0 Å². The van der Waals surface area contributed by atoms with Crippen LogP contribution in [0.5, 0.6) is 11.5 Å². The predicted molar refractivity (Wildman–Crippen MR) is 301 cm³/mol. The van der Waals surface area contributed by atoms with E-state index in [1.165, 1.54) is 256 Å². The smallest absolute Gasteiger partial charge is 0.550 e. The van der Waals surface area contributed by atoms with E-state index in [1.807, 2.05) is 18.2 Å². The molecule has 0 aromatic heterocycles. The SMILES string of the molecule is CCCCCCCCCCCCCCCCCC(=O)[O-].CCCCCCCCCCCCCCCCCC(=O)[O-].CCCCCCCCCCCCCCCCCC(=O)[O-].Oc1ccc2ccccc2c1O.[Fe+3]. The van der Waals surface area contributed by atoms with E-state index in [0.29, 0.717) is 5.39 Å². The Kier molecular flexibility index (Phi) is 63.0. The first-order valence-corrected chi connectivity index (χ1v) is 30.6. The number of hydrogen-bond acceptors (Lipinski definition) is 8. The van der Waals surface area contributed by atoms with Crippen molar-refractivity contribution in [2.24, 2.45) is 0 Å². The van der Waals surface area contributed by atoms with Gasteiger partial charge < -0.3 is 39.9 Å². The van der Waals surface area contributed by atoms with Gasteiger partial charge in [-0.25, -0.2) is 0 Å². The van der Waals surface area contributed by atoms with E-state index in [0.717, 1.165) is 43.9 Å². The van der Waals surface area contributed by atoms with E-state index in [2.05, 4.69) is 20.8 Å². The van der Waals surface area contributed by atoms with E-state index in [-0.39, 0.29) is 47.8 Å². The van der Waals surface area contributed by atoms with E-state index in [4.69, 9.17) is 5.11 Å². The summed E-state index contributed by atoms with van der Waals surface area (Å²) in [6.45, 7) is 6.80. The number of benzene rings is 2. The molecule has 425 valence electrons. The molecular weight excluding hydrogens is 953 g/mol. The van der Waals surface area contributed by atoms with Crippen LogP contribution in [0.25, 0.3) is 10.8 Å². The molecule has 0 saturated carbocycles. The summed E-state index contributed by atoms with van der Waals surface area (Å²) in [4.78, 5) is 30.7. The van der Waals surface area contributed by atoms with Gasteiger partial charge in [0.05, 0.1) is 0 Å². The molecule has 2 rings (SSSR count). The molecule has 2 aromatic carbocycles. The number of hydrogen-bond donors (Lipinski definition) is 2. The summed E-state index contributed by atoms with van der Waals surface area (Å²) in [6, 6.07) is 10.6. The fraction of sp³-hybridized carbons (Fsp3) is 0.797. The van der Waals surface area contributed by atoms with Crippen LogP contribution >= 0.6 is 0 Å². The fourth-order valence-electron chi connectivity index (χ4n) is 9.17. The molecule has 0 saturated heterocycles. The van der Waals surface area contributed by atoms with Crippen molar-refractivity contribution in [3.8, 4) is 11.5 Å². The summed E-state index contributed by atoms with van der Waals surface area (Å²) in [7, 11) is 0. The number of carboxylic acids is 3. The zero-order valence-corrected chi connectivity index (χ0v) is 48.7. The molecule has 0 unspecified atom stereocenters. The summed E-state index contributed by atoms with van der Waals surface area (Å²) >= 11 is 0. The zero-order valence-electron chi connectivity index (χ0n) is 47.6. The number of aliphatic carboxylic acids is 3. The summed E-state index contributed by atoms with van der Waals surface area (Å²) in [6.07, 6.45) is 59.6. The number of carboxylic acid groups (broad SMARTS) is 3. The standard InChI is InChI=1S/3C18H36O2.C10H8O2.Fe/c3*1-2-3-4-5-6-7-8-9-10-11-12-13-14-15-16-17-18(19)20;11-9-6-5-7-3-1-2-4-8(7)10(9)12;/h3*2-17H2,1H3,(H,19,20);1-6,11-12H;/q;;;;+3/p-3. The van der Waals surface area contributed by atoms with Crippen LogP contribution in [0.3, 0.4) is 0 Å². The Balaban J connectivity index is -0.000000902. The number of carbonyl (C=O) groups excluding carboxylic acids is 3. The quantitative estimate of drug-likeness (QED) is 0.0376. The number of phenolic OH excluding ortho intramolecular Hbond substituents is 2. The molecule has 1 radical (unpaired) electrons. The van der Waals surface area contributed by atoms with E-state index >= 15 is 0 Å². The third kappa shape index (κ3) is 60.0. The Bertz CT molecular complexity index is 1350. The molecule has 0 aliphatic carbocycles. The van der Waals surface area contributed by atoms with Crippen molar-refractivity contribution >= 4 is 28.7 Å². The van der Waals surface area contributed by atoms with Crippen LogP contribution in [0.2, 0.25) is 0 Å². The Labute approximate surface area is 460 Å². The van der Waals surface area contributed by atoms with Crippen LogP contribution in [0.1, 0.15) is 329 Å². The number of unbranched alkanes of at least 4 members (excludes halogenated alkanes) is 42. The van der Waals surface area contributed by atoms with Gasteiger partial charge in [-0.15, -0.1) is 0 Å². The maximum Gasteiger partial charge on any atom is 3.00 e. The van der Waals surface area contributed by atoms with E-state index in [9.17, 15) is 34.8 Å². The molecular formula is C64H113FeO8. The van der Waals surface area contributed by atoms with Crippen molar-refractivity contribution < 1.29 is 57.0 Å². The van der Waals surface area contributed by atoms with Crippen LogP contribution in [-0.2, 0) is 31.5 Å². The van der Waals surface area contributed by atoms with Gasteiger partial charge in [0.2, 0.25) is 0 Å². The molecule has 73 heavy (non-hydrogen) atoms. The normalized spacial score (nSPS) is 10.6. The molecule has 0 bridgehead atoms. The number of carbonyl (C=O) groups is 3. The van der Waals surface area contributed by atoms with Crippen molar-refractivity contribution in [2.45, 2.75) is 329 Å². The maximum absolute atomic E-state index is 10.2. The van der Waals surface area contributed by atoms with Gasteiger partial charge in [0.15, 0.2) is 11.5 Å².